The largest absolute Gasteiger partial charge is 0.465 e. The van der Waals surface area contributed by atoms with Crippen LogP contribution in [-0.2, 0) is 22.6 Å². The summed E-state index contributed by atoms with van der Waals surface area (Å²) in [5.74, 6) is -1.17. The van der Waals surface area contributed by atoms with Gasteiger partial charge in [-0.2, -0.15) is 5.10 Å². The van der Waals surface area contributed by atoms with Gasteiger partial charge in [-0.15, -0.1) is 0 Å². The average molecular weight is 448 g/mol. The van der Waals surface area contributed by atoms with E-state index < -0.39 is 5.97 Å². The molecule has 0 aliphatic rings. The lowest BCUT2D eigenvalue weighted by molar-refractivity contribution is -0.143. The van der Waals surface area contributed by atoms with Gasteiger partial charge in [-0.25, -0.2) is 9.07 Å². The van der Waals surface area contributed by atoms with Crippen molar-refractivity contribution < 1.29 is 18.7 Å². The summed E-state index contributed by atoms with van der Waals surface area (Å²) in [7, 11) is 0. The molecule has 0 bridgehead atoms. The molecule has 1 amide bonds. The topological polar surface area (TPSA) is 95.2 Å². The lowest BCUT2D eigenvalue weighted by Crippen LogP contribution is -2.27. The Bertz CT molecular complexity index is 1380. The number of hydrogen-bond acceptors (Lipinski definition) is 5. The molecule has 0 fully saturated rings. The second-order valence-electron chi connectivity index (χ2n) is 7.26. The second-order valence-corrected chi connectivity index (χ2v) is 7.26. The SMILES string of the molecule is CCOC(=O)Cn1cc(CNC(=O)c2cccc3c2cnn3-c2ccc(F)cc2)ccc1=O. The minimum absolute atomic E-state index is 0.157. The third-order valence-electron chi connectivity index (χ3n) is 5.03. The highest BCUT2D eigenvalue weighted by molar-refractivity contribution is 6.06. The average Bonchev–Trinajstić information content (AvgIpc) is 3.24. The van der Waals surface area contributed by atoms with Crippen LogP contribution in [0, 0.1) is 5.82 Å². The van der Waals surface area contributed by atoms with Crippen LogP contribution in [0.4, 0.5) is 4.39 Å². The Balaban J connectivity index is 1.52. The summed E-state index contributed by atoms with van der Waals surface area (Å²) in [6.45, 7) is 1.88. The molecule has 0 saturated heterocycles. The lowest BCUT2D eigenvalue weighted by atomic mass is 10.1. The van der Waals surface area contributed by atoms with E-state index in [-0.39, 0.29) is 37.0 Å². The van der Waals surface area contributed by atoms with Crippen molar-refractivity contribution in [2.75, 3.05) is 6.61 Å². The third-order valence-corrected chi connectivity index (χ3v) is 5.03. The van der Waals surface area contributed by atoms with E-state index in [1.807, 2.05) is 6.07 Å². The third kappa shape index (κ3) is 4.82. The van der Waals surface area contributed by atoms with E-state index in [0.717, 1.165) is 0 Å². The van der Waals surface area contributed by atoms with Crippen molar-refractivity contribution in [2.24, 2.45) is 0 Å². The highest BCUT2D eigenvalue weighted by atomic mass is 19.1. The van der Waals surface area contributed by atoms with Crippen molar-refractivity contribution >= 4 is 22.8 Å². The highest BCUT2D eigenvalue weighted by Gasteiger charge is 2.14. The summed E-state index contributed by atoms with van der Waals surface area (Å²) in [6, 6.07) is 14.1. The van der Waals surface area contributed by atoms with Crippen molar-refractivity contribution in [3.8, 4) is 5.69 Å². The Kier molecular flexibility index (Phi) is 6.30. The first-order chi connectivity index (χ1) is 16.0. The second kappa shape index (κ2) is 9.47. The Hall–Kier alpha value is -4.27. The Labute approximate surface area is 188 Å². The molecule has 0 spiro atoms. The molecule has 8 nitrogen and oxygen atoms in total. The fourth-order valence-electron chi connectivity index (χ4n) is 3.47. The van der Waals surface area contributed by atoms with Crippen molar-refractivity contribution in [3.05, 3.63) is 94.3 Å². The van der Waals surface area contributed by atoms with Crippen LogP contribution in [0.15, 0.2) is 71.8 Å². The molecular weight excluding hydrogens is 427 g/mol. The molecule has 4 aromatic rings. The summed E-state index contributed by atoms with van der Waals surface area (Å²) in [4.78, 5) is 36.6. The summed E-state index contributed by atoms with van der Waals surface area (Å²) in [5.41, 5.74) is 2.13. The molecule has 0 radical (unpaired) electrons. The number of benzene rings is 2. The van der Waals surface area contributed by atoms with Crippen LogP contribution in [0.5, 0.6) is 0 Å². The van der Waals surface area contributed by atoms with Crippen LogP contribution in [0.1, 0.15) is 22.8 Å². The number of rotatable bonds is 7. The van der Waals surface area contributed by atoms with Gasteiger partial charge in [0.2, 0.25) is 0 Å². The van der Waals surface area contributed by atoms with Gasteiger partial charge >= 0.3 is 5.97 Å². The highest BCUT2D eigenvalue weighted by Crippen LogP contribution is 2.22. The zero-order valence-electron chi connectivity index (χ0n) is 17.8. The van der Waals surface area contributed by atoms with Crippen LogP contribution in [0.25, 0.3) is 16.6 Å². The van der Waals surface area contributed by atoms with E-state index >= 15 is 0 Å². The standard InChI is InChI=1S/C24H21FN4O4/c1-2-33-23(31)15-28-14-16(6-11-22(28)30)12-26-24(32)19-4-3-5-21-20(19)13-27-29(21)18-9-7-17(25)8-10-18/h3-11,13-14H,2,12,15H2,1H3,(H,26,32). The summed E-state index contributed by atoms with van der Waals surface area (Å²) in [5, 5.41) is 7.83. The van der Waals surface area contributed by atoms with E-state index in [2.05, 4.69) is 10.4 Å². The predicted molar refractivity (Wildman–Crippen MR) is 120 cm³/mol. The van der Waals surface area contributed by atoms with Crippen LogP contribution in [-0.4, -0.2) is 32.8 Å². The summed E-state index contributed by atoms with van der Waals surface area (Å²) >= 11 is 0. The number of esters is 1. The normalized spacial score (nSPS) is 10.8. The molecule has 2 heterocycles. The number of fused-ring (bicyclic) bond motifs is 1. The number of nitrogens with one attached hydrogen (secondary N) is 1. The minimum Gasteiger partial charge on any atom is -0.465 e. The number of aromatic nitrogens is 3. The van der Waals surface area contributed by atoms with Gasteiger partial charge in [-0.05, 0) is 48.9 Å². The van der Waals surface area contributed by atoms with Gasteiger partial charge in [-0.1, -0.05) is 12.1 Å². The van der Waals surface area contributed by atoms with Crippen molar-refractivity contribution in [1.82, 2.24) is 19.7 Å². The number of amides is 1. The first-order valence-electron chi connectivity index (χ1n) is 10.3. The van der Waals surface area contributed by atoms with Gasteiger partial charge in [0.05, 0.1) is 29.6 Å². The minimum atomic E-state index is -0.509. The molecule has 168 valence electrons. The van der Waals surface area contributed by atoms with Crippen LogP contribution >= 0.6 is 0 Å². The van der Waals surface area contributed by atoms with Crippen LogP contribution < -0.4 is 10.9 Å². The fraction of sp³-hybridized carbons (Fsp3) is 0.167. The van der Waals surface area contributed by atoms with Gasteiger partial charge in [0.25, 0.3) is 11.5 Å². The van der Waals surface area contributed by atoms with E-state index in [4.69, 9.17) is 4.74 Å². The molecule has 2 aromatic carbocycles. The number of pyridine rings is 1. The Morgan fingerprint density at radius 2 is 1.88 bits per heavy atom. The number of carbonyl (C=O) groups excluding carboxylic acids is 2. The maximum Gasteiger partial charge on any atom is 0.326 e. The number of ether oxygens (including phenoxy) is 1. The molecule has 0 unspecified atom stereocenters. The van der Waals surface area contributed by atoms with E-state index in [9.17, 15) is 18.8 Å². The molecule has 2 aromatic heterocycles. The molecular formula is C24H21FN4O4. The lowest BCUT2D eigenvalue weighted by Gasteiger charge is -2.10. The molecule has 33 heavy (non-hydrogen) atoms. The Morgan fingerprint density at radius 3 is 2.64 bits per heavy atom. The zero-order valence-corrected chi connectivity index (χ0v) is 17.8. The van der Waals surface area contributed by atoms with E-state index in [0.29, 0.717) is 27.7 Å². The van der Waals surface area contributed by atoms with Gasteiger partial charge in [0.15, 0.2) is 0 Å². The van der Waals surface area contributed by atoms with Crippen molar-refractivity contribution in [3.63, 3.8) is 0 Å². The molecule has 1 N–H and O–H groups in total. The number of carbonyl (C=O) groups is 2. The van der Waals surface area contributed by atoms with E-state index in [1.54, 1.807) is 48.1 Å². The number of hydrogen-bond donors (Lipinski definition) is 1. The molecule has 0 saturated carbocycles. The Morgan fingerprint density at radius 1 is 1.09 bits per heavy atom. The van der Waals surface area contributed by atoms with Crippen molar-refractivity contribution in [1.29, 1.82) is 0 Å². The van der Waals surface area contributed by atoms with Crippen LogP contribution in [0.3, 0.4) is 0 Å². The molecule has 4 rings (SSSR count). The van der Waals surface area contributed by atoms with E-state index in [1.165, 1.54) is 29.0 Å². The fourth-order valence-corrected chi connectivity index (χ4v) is 3.47. The molecule has 0 aliphatic heterocycles. The summed E-state index contributed by atoms with van der Waals surface area (Å²) < 4.78 is 21.0. The first-order valence-corrected chi connectivity index (χ1v) is 10.3. The maximum atomic E-state index is 13.3. The number of halogens is 1. The monoisotopic (exact) mass is 448 g/mol. The zero-order chi connectivity index (χ0) is 23.4. The molecule has 0 aliphatic carbocycles. The van der Waals surface area contributed by atoms with Gasteiger partial charge in [0, 0.05) is 24.2 Å². The predicted octanol–water partition coefficient (Wildman–Crippen LogP) is 2.82. The first kappa shape index (κ1) is 21.9. The molecule has 9 heteroatoms. The van der Waals surface area contributed by atoms with Crippen molar-refractivity contribution in [2.45, 2.75) is 20.0 Å². The van der Waals surface area contributed by atoms with Gasteiger partial charge in [0.1, 0.15) is 12.4 Å². The van der Waals surface area contributed by atoms with Gasteiger partial charge in [-0.3, -0.25) is 14.4 Å². The molecule has 0 atom stereocenters. The quantitative estimate of drug-likeness (QED) is 0.439. The van der Waals surface area contributed by atoms with Gasteiger partial charge < -0.3 is 14.6 Å². The van der Waals surface area contributed by atoms with Crippen LogP contribution in [0.2, 0.25) is 0 Å². The maximum absolute atomic E-state index is 13.3. The smallest absolute Gasteiger partial charge is 0.326 e. The summed E-state index contributed by atoms with van der Waals surface area (Å²) in [6.07, 6.45) is 3.11. The number of nitrogens with zero attached hydrogens (tertiary/aromatic N) is 3.